The molecule has 1 amide bonds. The van der Waals surface area contributed by atoms with Crippen molar-refractivity contribution in [1.82, 2.24) is 10.2 Å². The fraction of sp³-hybridized carbons (Fsp3) is 0.938. The van der Waals surface area contributed by atoms with Crippen LogP contribution in [-0.2, 0) is 4.79 Å². The van der Waals surface area contributed by atoms with Gasteiger partial charge < -0.3 is 11.1 Å². The normalized spacial score (nSPS) is 19.1. The van der Waals surface area contributed by atoms with Gasteiger partial charge in [0.1, 0.15) is 0 Å². The molecule has 0 radical (unpaired) electrons. The van der Waals surface area contributed by atoms with Crippen molar-refractivity contribution in [3.8, 4) is 0 Å². The summed E-state index contributed by atoms with van der Waals surface area (Å²) >= 11 is 0. The Kier molecular flexibility index (Phi) is 7.52. The van der Waals surface area contributed by atoms with Crippen molar-refractivity contribution in [2.75, 3.05) is 20.1 Å². The van der Waals surface area contributed by atoms with Crippen LogP contribution in [0.25, 0.3) is 0 Å². The Morgan fingerprint density at radius 3 is 2.20 bits per heavy atom. The molecule has 1 rings (SSSR count). The van der Waals surface area contributed by atoms with E-state index in [9.17, 15) is 4.79 Å². The molecule has 4 heteroatoms. The van der Waals surface area contributed by atoms with Gasteiger partial charge in [-0.2, -0.15) is 0 Å². The average Bonchev–Trinajstić information content (AvgIpc) is 2.71. The summed E-state index contributed by atoms with van der Waals surface area (Å²) in [5.74, 6) is 0.137. The smallest absolute Gasteiger partial charge is 0.234 e. The van der Waals surface area contributed by atoms with Crippen LogP contribution in [0.5, 0.6) is 0 Å². The third kappa shape index (κ3) is 4.74. The van der Waals surface area contributed by atoms with Gasteiger partial charge in [-0.3, -0.25) is 9.69 Å². The summed E-state index contributed by atoms with van der Waals surface area (Å²) in [5.41, 5.74) is 6.09. The Bertz CT molecular complexity index is 281. The van der Waals surface area contributed by atoms with E-state index in [1.54, 1.807) is 0 Å². The molecule has 0 atom stereocenters. The second-order valence-electron chi connectivity index (χ2n) is 6.28. The lowest BCUT2D eigenvalue weighted by Gasteiger charge is -2.40. The van der Waals surface area contributed by atoms with Gasteiger partial charge in [-0.15, -0.1) is 0 Å². The maximum Gasteiger partial charge on any atom is 0.234 e. The van der Waals surface area contributed by atoms with Crippen LogP contribution in [-0.4, -0.2) is 42.5 Å². The first-order chi connectivity index (χ1) is 9.57. The van der Waals surface area contributed by atoms with E-state index in [1.165, 1.54) is 25.7 Å². The van der Waals surface area contributed by atoms with E-state index in [0.717, 1.165) is 25.7 Å². The summed E-state index contributed by atoms with van der Waals surface area (Å²) < 4.78 is 0. The highest BCUT2D eigenvalue weighted by atomic mass is 16.2. The van der Waals surface area contributed by atoms with Crippen LogP contribution in [0.1, 0.15) is 65.2 Å². The van der Waals surface area contributed by atoms with Crippen molar-refractivity contribution in [2.24, 2.45) is 5.73 Å². The summed E-state index contributed by atoms with van der Waals surface area (Å²) in [5, 5.41) is 3.12. The van der Waals surface area contributed by atoms with E-state index in [1.807, 2.05) is 0 Å². The van der Waals surface area contributed by atoms with Crippen molar-refractivity contribution in [2.45, 2.75) is 76.8 Å². The Balaban J connectivity index is 2.57. The summed E-state index contributed by atoms with van der Waals surface area (Å²) in [6.45, 7) is 5.35. The summed E-state index contributed by atoms with van der Waals surface area (Å²) in [4.78, 5) is 14.4. The number of hydrogen-bond donors (Lipinski definition) is 2. The molecule has 4 nitrogen and oxygen atoms in total. The van der Waals surface area contributed by atoms with Crippen molar-refractivity contribution in [3.05, 3.63) is 0 Å². The predicted octanol–water partition coefficient (Wildman–Crippen LogP) is 2.27. The van der Waals surface area contributed by atoms with Gasteiger partial charge in [-0.05, 0) is 32.7 Å². The molecule has 1 fully saturated rings. The maximum absolute atomic E-state index is 12.2. The lowest BCUT2D eigenvalue weighted by molar-refractivity contribution is -0.124. The molecular weight excluding hydrogens is 250 g/mol. The minimum Gasteiger partial charge on any atom is -0.352 e. The van der Waals surface area contributed by atoms with E-state index in [-0.39, 0.29) is 11.4 Å². The van der Waals surface area contributed by atoms with Crippen molar-refractivity contribution >= 4 is 5.91 Å². The number of amides is 1. The highest BCUT2D eigenvalue weighted by Crippen LogP contribution is 2.30. The molecule has 20 heavy (non-hydrogen) atoms. The monoisotopic (exact) mass is 283 g/mol. The largest absolute Gasteiger partial charge is 0.352 e. The molecule has 3 N–H and O–H groups in total. The average molecular weight is 283 g/mol. The number of nitrogens with zero attached hydrogens (tertiary/aromatic N) is 1. The molecule has 118 valence electrons. The lowest BCUT2D eigenvalue weighted by Crippen LogP contribution is -2.55. The number of carbonyl (C=O) groups is 1. The summed E-state index contributed by atoms with van der Waals surface area (Å²) in [6, 6.07) is 0.305. The molecule has 0 unspecified atom stereocenters. The Labute approximate surface area is 124 Å². The maximum atomic E-state index is 12.2. The van der Waals surface area contributed by atoms with Gasteiger partial charge in [-0.25, -0.2) is 0 Å². The molecule has 0 saturated heterocycles. The first-order valence-corrected chi connectivity index (χ1v) is 8.28. The number of carbonyl (C=O) groups excluding carboxylic acids is 1. The summed E-state index contributed by atoms with van der Waals surface area (Å²) in [6.07, 6.45) is 9.30. The van der Waals surface area contributed by atoms with Gasteiger partial charge in [0.15, 0.2) is 0 Å². The fourth-order valence-corrected chi connectivity index (χ4v) is 3.28. The Hall–Kier alpha value is -0.610. The molecule has 0 aliphatic heterocycles. The number of nitrogens with one attached hydrogen (secondary N) is 1. The lowest BCUT2D eigenvalue weighted by atomic mass is 9.88. The van der Waals surface area contributed by atoms with E-state index in [2.05, 4.69) is 31.1 Å². The van der Waals surface area contributed by atoms with Crippen LogP contribution in [0, 0.1) is 0 Å². The van der Waals surface area contributed by atoms with Crippen LogP contribution in [0.3, 0.4) is 0 Å². The van der Waals surface area contributed by atoms with Crippen molar-refractivity contribution in [1.29, 1.82) is 0 Å². The number of rotatable bonds is 7. The molecular formula is C16H33N3O. The molecule has 0 aromatic heterocycles. The molecule has 0 aromatic rings. The van der Waals surface area contributed by atoms with Crippen molar-refractivity contribution < 1.29 is 4.79 Å². The zero-order valence-electron chi connectivity index (χ0n) is 13.6. The standard InChI is InChI=1S/C16H33N3O/c1-4-14(5-2)18-15(20)12-19(3)16(13-17)10-8-6-7-9-11-16/h14H,4-13,17H2,1-3H3,(H,18,20). The second kappa shape index (κ2) is 8.63. The van der Waals surface area contributed by atoms with E-state index >= 15 is 0 Å². The zero-order chi connectivity index (χ0) is 15.0. The van der Waals surface area contributed by atoms with Gasteiger partial charge in [-0.1, -0.05) is 39.5 Å². The zero-order valence-corrected chi connectivity index (χ0v) is 13.6. The Morgan fingerprint density at radius 2 is 1.75 bits per heavy atom. The van der Waals surface area contributed by atoms with Crippen LogP contribution in [0.4, 0.5) is 0 Å². The minimum atomic E-state index is 0.0295. The first kappa shape index (κ1) is 17.4. The minimum absolute atomic E-state index is 0.0295. The molecule has 1 aliphatic carbocycles. The van der Waals surface area contributed by atoms with Gasteiger partial charge >= 0.3 is 0 Å². The van der Waals surface area contributed by atoms with E-state index < -0.39 is 0 Å². The highest BCUT2D eigenvalue weighted by Gasteiger charge is 2.34. The third-order valence-corrected chi connectivity index (χ3v) is 4.96. The molecule has 1 aliphatic rings. The molecule has 0 bridgehead atoms. The van der Waals surface area contributed by atoms with Crippen LogP contribution < -0.4 is 11.1 Å². The van der Waals surface area contributed by atoms with Gasteiger partial charge in [0.2, 0.25) is 5.91 Å². The molecule has 0 aromatic carbocycles. The second-order valence-corrected chi connectivity index (χ2v) is 6.28. The van der Waals surface area contributed by atoms with Crippen LogP contribution >= 0.6 is 0 Å². The fourth-order valence-electron chi connectivity index (χ4n) is 3.28. The first-order valence-electron chi connectivity index (χ1n) is 8.28. The van der Waals surface area contributed by atoms with Gasteiger partial charge in [0.05, 0.1) is 6.54 Å². The van der Waals surface area contributed by atoms with Gasteiger partial charge in [0, 0.05) is 18.1 Å². The molecule has 0 heterocycles. The molecule has 1 saturated carbocycles. The van der Waals surface area contributed by atoms with Crippen molar-refractivity contribution in [3.63, 3.8) is 0 Å². The quantitative estimate of drug-likeness (QED) is 0.705. The van der Waals surface area contributed by atoms with E-state index in [0.29, 0.717) is 19.1 Å². The highest BCUT2D eigenvalue weighted by molar-refractivity contribution is 5.78. The van der Waals surface area contributed by atoms with Crippen LogP contribution in [0.15, 0.2) is 0 Å². The summed E-state index contributed by atoms with van der Waals surface area (Å²) in [7, 11) is 2.06. The Morgan fingerprint density at radius 1 is 1.20 bits per heavy atom. The topological polar surface area (TPSA) is 58.4 Å². The van der Waals surface area contributed by atoms with Crippen LogP contribution in [0.2, 0.25) is 0 Å². The predicted molar refractivity (Wildman–Crippen MR) is 84.6 cm³/mol. The number of likely N-dealkylation sites (N-methyl/N-ethyl adjacent to an activating group) is 1. The van der Waals surface area contributed by atoms with E-state index in [4.69, 9.17) is 5.73 Å². The number of nitrogens with two attached hydrogens (primary N) is 1. The molecule has 0 spiro atoms. The van der Waals surface area contributed by atoms with Gasteiger partial charge in [0.25, 0.3) is 0 Å². The SMILES string of the molecule is CCC(CC)NC(=O)CN(C)C1(CN)CCCCCC1. The number of hydrogen-bond acceptors (Lipinski definition) is 3. The third-order valence-electron chi connectivity index (χ3n) is 4.96.